The highest BCUT2D eigenvalue weighted by atomic mass is 16.6. The Balaban J connectivity index is 1.83. The summed E-state index contributed by atoms with van der Waals surface area (Å²) in [6.45, 7) is 15.0. The first-order valence-electron chi connectivity index (χ1n) is 16.0. The second kappa shape index (κ2) is 14.3. The van der Waals surface area contributed by atoms with E-state index >= 15 is 0 Å². The lowest BCUT2D eigenvalue weighted by Crippen LogP contribution is -2.59. The van der Waals surface area contributed by atoms with E-state index in [1.165, 1.54) is 12.1 Å². The van der Waals surface area contributed by atoms with E-state index in [2.05, 4.69) is 10.6 Å². The summed E-state index contributed by atoms with van der Waals surface area (Å²) in [6.07, 6.45) is -0.102. The Bertz CT molecular complexity index is 1720. The summed E-state index contributed by atoms with van der Waals surface area (Å²) >= 11 is 0. The van der Waals surface area contributed by atoms with E-state index in [0.717, 1.165) is 27.5 Å². The van der Waals surface area contributed by atoms with Gasteiger partial charge in [-0.25, -0.2) is 4.79 Å². The lowest BCUT2D eigenvalue weighted by molar-refractivity contribution is -0.147. The van der Waals surface area contributed by atoms with Crippen molar-refractivity contribution < 1.29 is 24.2 Å². The maximum atomic E-state index is 15.0. The Morgan fingerprint density at radius 2 is 1.45 bits per heavy atom. The number of carbonyl (C=O) groups excluding carboxylic acids is 3. The molecule has 47 heavy (non-hydrogen) atoms. The predicted molar refractivity (Wildman–Crippen MR) is 187 cm³/mol. The molecule has 8 nitrogen and oxygen atoms in total. The fourth-order valence-electron chi connectivity index (χ4n) is 5.69. The van der Waals surface area contributed by atoms with Gasteiger partial charge in [0, 0.05) is 17.6 Å². The van der Waals surface area contributed by atoms with Gasteiger partial charge in [-0.3, -0.25) is 9.59 Å². The second-order valence-electron chi connectivity index (χ2n) is 13.8. The standard InChI is InChI=1S/C39H47N3O5/c1-9-39(7,8)42(36(45)33(41-37(46)47-38(4,5)6)23-27-14-18-32(43)19-15-27)34(30-21-25(2)20-26(3)22-30)35(44)40-31-17-16-28-12-10-11-13-29(28)24-31/h10-22,24,33-34,43H,9,23H2,1-8H3,(H,40,44)(H,41,46). The maximum Gasteiger partial charge on any atom is 0.408 e. The number of nitrogens with zero attached hydrogens (tertiary/aromatic N) is 1. The molecular weight excluding hydrogens is 590 g/mol. The van der Waals surface area contributed by atoms with Crippen molar-refractivity contribution in [3.63, 3.8) is 0 Å². The molecule has 248 valence electrons. The molecule has 0 heterocycles. The summed E-state index contributed by atoms with van der Waals surface area (Å²) in [6, 6.07) is 23.9. The third kappa shape index (κ3) is 9.12. The summed E-state index contributed by atoms with van der Waals surface area (Å²) in [5, 5.41) is 17.8. The SMILES string of the molecule is CCC(C)(C)N(C(=O)C(Cc1ccc(O)cc1)NC(=O)OC(C)(C)C)C(C(=O)Nc1ccc2ccccc2c1)c1cc(C)cc(C)c1. The molecule has 0 saturated carbocycles. The number of rotatable bonds is 10. The van der Waals surface area contributed by atoms with Crippen LogP contribution < -0.4 is 10.6 Å². The molecule has 8 heteroatoms. The molecule has 0 fully saturated rings. The van der Waals surface area contributed by atoms with E-state index in [9.17, 15) is 19.5 Å². The lowest BCUT2D eigenvalue weighted by Gasteiger charge is -2.44. The van der Waals surface area contributed by atoms with Crippen molar-refractivity contribution >= 4 is 34.4 Å². The molecule has 3 amide bonds. The quantitative estimate of drug-likeness (QED) is 0.163. The van der Waals surface area contributed by atoms with Crippen molar-refractivity contribution in [3.8, 4) is 5.75 Å². The summed E-state index contributed by atoms with van der Waals surface area (Å²) < 4.78 is 5.56. The van der Waals surface area contributed by atoms with Crippen molar-refractivity contribution in [2.45, 2.75) is 91.5 Å². The highest BCUT2D eigenvalue weighted by Gasteiger charge is 2.43. The van der Waals surface area contributed by atoms with Crippen LogP contribution >= 0.6 is 0 Å². The van der Waals surface area contributed by atoms with Crippen molar-refractivity contribution in [3.05, 3.63) is 107 Å². The fourth-order valence-corrected chi connectivity index (χ4v) is 5.69. The van der Waals surface area contributed by atoms with Gasteiger partial charge in [-0.1, -0.05) is 78.7 Å². The molecule has 0 spiro atoms. The van der Waals surface area contributed by atoms with E-state index in [0.29, 0.717) is 17.7 Å². The van der Waals surface area contributed by atoms with Crippen LogP contribution in [0, 0.1) is 13.8 Å². The Hall–Kier alpha value is -4.85. The van der Waals surface area contributed by atoms with Gasteiger partial charge >= 0.3 is 6.09 Å². The Kier molecular flexibility index (Phi) is 10.6. The number of amides is 3. The normalized spacial score (nSPS) is 13.0. The van der Waals surface area contributed by atoms with Gasteiger partial charge in [0.1, 0.15) is 23.4 Å². The number of hydrogen-bond acceptors (Lipinski definition) is 5. The monoisotopic (exact) mass is 637 g/mol. The summed E-state index contributed by atoms with van der Waals surface area (Å²) in [5.41, 5.74) is 2.29. The largest absolute Gasteiger partial charge is 0.508 e. The zero-order chi connectivity index (χ0) is 34.5. The zero-order valence-electron chi connectivity index (χ0n) is 28.7. The molecule has 0 aliphatic rings. The highest BCUT2D eigenvalue weighted by molar-refractivity contribution is 6.00. The third-order valence-corrected chi connectivity index (χ3v) is 8.20. The molecule has 2 unspecified atom stereocenters. The van der Waals surface area contributed by atoms with Gasteiger partial charge in [-0.2, -0.15) is 0 Å². The van der Waals surface area contributed by atoms with Crippen molar-refractivity contribution in [1.82, 2.24) is 10.2 Å². The minimum Gasteiger partial charge on any atom is -0.508 e. The van der Waals surface area contributed by atoms with Gasteiger partial charge in [-0.15, -0.1) is 0 Å². The fraction of sp³-hybridized carbons (Fsp3) is 0.359. The first-order chi connectivity index (χ1) is 22.1. The molecule has 3 N–H and O–H groups in total. The molecule has 0 aliphatic heterocycles. The Labute approximate surface area is 278 Å². The number of fused-ring (bicyclic) bond motifs is 1. The number of phenolic OH excluding ortho intramolecular Hbond substituents is 1. The first-order valence-corrected chi connectivity index (χ1v) is 16.0. The predicted octanol–water partition coefficient (Wildman–Crippen LogP) is 8.00. The minimum absolute atomic E-state index is 0.0886. The average Bonchev–Trinajstić information content (AvgIpc) is 2.98. The van der Waals surface area contributed by atoms with E-state index in [-0.39, 0.29) is 18.1 Å². The summed E-state index contributed by atoms with van der Waals surface area (Å²) in [5.74, 6) is -0.722. The molecule has 0 saturated heterocycles. The Morgan fingerprint density at radius 3 is 2.04 bits per heavy atom. The van der Waals surface area contributed by atoms with Crippen LogP contribution in [0.1, 0.15) is 76.3 Å². The van der Waals surface area contributed by atoms with Gasteiger partial charge in [0.15, 0.2) is 0 Å². The number of anilines is 1. The van der Waals surface area contributed by atoms with Crippen LogP contribution in [0.15, 0.2) is 84.9 Å². The van der Waals surface area contributed by atoms with Crippen LogP contribution in [0.3, 0.4) is 0 Å². The van der Waals surface area contributed by atoms with Crippen LogP contribution in [0.5, 0.6) is 5.75 Å². The number of aryl methyl sites for hydroxylation is 2. The third-order valence-electron chi connectivity index (χ3n) is 8.20. The molecule has 0 bridgehead atoms. The number of benzene rings is 4. The number of aromatic hydroxyl groups is 1. The van der Waals surface area contributed by atoms with Gasteiger partial charge in [-0.05, 0) is 101 Å². The number of phenols is 1. The average molecular weight is 638 g/mol. The molecule has 2 atom stereocenters. The smallest absolute Gasteiger partial charge is 0.408 e. The number of hydrogen-bond donors (Lipinski definition) is 3. The summed E-state index contributed by atoms with van der Waals surface area (Å²) in [7, 11) is 0. The molecule has 4 aromatic carbocycles. The highest BCUT2D eigenvalue weighted by Crippen LogP contribution is 2.34. The zero-order valence-corrected chi connectivity index (χ0v) is 28.7. The maximum absolute atomic E-state index is 15.0. The Morgan fingerprint density at radius 1 is 0.830 bits per heavy atom. The number of carbonyl (C=O) groups is 3. The van der Waals surface area contributed by atoms with Crippen LogP contribution in [0.25, 0.3) is 10.8 Å². The topological polar surface area (TPSA) is 108 Å². The van der Waals surface area contributed by atoms with Gasteiger partial charge in [0.25, 0.3) is 5.91 Å². The van der Waals surface area contributed by atoms with E-state index < -0.39 is 35.2 Å². The molecular formula is C39H47N3O5. The van der Waals surface area contributed by atoms with E-state index in [4.69, 9.17) is 4.74 Å². The van der Waals surface area contributed by atoms with E-state index in [1.54, 1.807) is 37.8 Å². The van der Waals surface area contributed by atoms with Crippen LogP contribution in [0.4, 0.5) is 10.5 Å². The molecule has 0 aromatic heterocycles. The minimum atomic E-state index is -1.08. The van der Waals surface area contributed by atoms with Gasteiger partial charge in [0.05, 0.1) is 0 Å². The van der Waals surface area contributed by atoms with Crippen LogP contribution in [0.2, 0.25) is 0 Å². The molecule has 4 rings (SSSR count). The number of nitrogens with one attached hydrogen (secondary N) is 2. The van der Waals surface area contributed by atoms with Crippen molar-refractivity contribution in [2.75, 3.05) is 5.32 Å². The molecule has 0 aliphatic carbocycles. The van der Waals surface area contributed by atoms with Crippen molar-refractivity contribution in [2.24, 2.45) is 0 Å². The number of alkyl carbamates (subject to hydrolysis) is 1. The van der Waals surface area contributed by atoms with Gasteiger partial charge < -0.3 is 25.4 Å². The van der Waals surface area contributed by atoms with Crippen LogP contribution in [-0.4, -0.2) is 45.1 Å². The molecule has 4 aromatic rings. The molecule has 0 radical (unpaired) electrons. The van der Waals surface area contributed by atoms with Crippen molar-refractivity contribution in [1.29, 1.82) is 0 Å². The number of ether oxygens (including phenoxy) is 1. The van der Waals surface area contributed by atoms with Crippen LogP contribution in [-0.2, 0) is 20.7 Å². The van der Waals surface area contributed by atoms with E-state index in [1.807, 2.05) is 95.3 Å². The lowest BCUT2D eigenvalue weighted by atomic mass is 9.90. The summed E-state index contributed by atoms with van der Waals surface area (Å²) in [4.78, 5) is 44.3. The first kappa shape index (κ1) is 35.0. The van der Waals surface area contributed by atoms with Gasteiger partial charge in [0.2, 0.25) is 5.91 Å². The second-order valence-corrected chi connectivity index (χ2v) is 13.8.